The Morgan fingerprint density at radius 3 is 2.58 bits per heavy atom. The second kappa shape index (κ2) is 6.06. The first kappa shape index (κ1) is 14.5. The van der Waals surface area contributed by atoms with Crippen LogP contribution in [-0.2, 0) is 14.9 Å². The van der Waals surface area contributed by atoms with Crippen LogP contribution in [0.2, 0.25) is 0 Å². The van der Waals surface area contributed by atoms with Crippen molar-refractivity contribution in [3.63, 3.8) is 0 Å². The largest absolute Gasteiger partial charge is 0.384 e. The van der Waals surface area contributed by atoms with Gasteiger partial charge in [-0.3, -0.25) is 4.79 Å². The first-order valence-corrected chi connectivity index (χ1v) is 7.42. The Labute approximate surface area is 122 Å². The number of nitrogens with one attached hydrogen (secondary N) is 1. The standard InChI is InChI=1S/C15H20BrNO2/c1-11(17-14(18)7-10-19-2)15(8-9-15)12-3-5-13(16)6-4-12/h3-6,11H,7-10H2,1-2H3,(H,17,18). The van der Waals surface area contributed by atoms with Gasteiger partial charge in [-0.2, -0.15) is 0 Å². The van der Waals surface area contributed by atoms with Crippen molar-refractivity contribution in [1.82, 2.24) is 5.32 Å². The first-order valence-electron chi connectivity index (χ1n) is 6.63. The molecule has 1 aromatic rings. The van der Waals surface area contributed by atoms with Gasteiger partial charge in [0.25, 0.3) is 0 Å². The molecule has 3 nitrogen and oxygen atoms in total. The normalized spacial score (nSPS) is 17.8. The maximum atomic E-state index is 11.8. The molecule has 0 bridgehead atoms. The summed E-state index contributed by atoms with van der Waals surface area (Å²) in [5, 5.41) is 3.10. The average molecular weight is 326 g/mol. The molecule has 0 aromatic heterocycles. The molecule has 1 aliphatic carbocycles. The lowest BCUT2D eigenvalue weighted by Gasteiger charge is -2.25. The molecule has 1 aromatic carbocycles. The molecule has 1 aliphatic rings. The molecule has 1 N–H and O–H groups in total. The zero-order valence-corrected chi connectivity index (χ0v) is 13.0. The number of halogens is 1. The summed E-state index contributed by atoms with van der Waals surface area (Å²) in [4.78, 5) is 11.8. The van der Waals surface area contributed by atoms with Gasteiger partial charge in [-0.15, -0.1) is 0 Å². The Balaban J connectivity index is 2.00. The number of ether oxygens (including phenoxy) is 1. The second-order valence-electron chi connectivity index (χ2n) is 5.20. The highest BCUT2D eigenvalue weighted by Crippen LogP contribution is 2.51. The highest BCUT2D eigenvalue weighted by atomic mass is 79.9. The number of hydrogen-bond donors (Lipinski definition) is 1. The lowest BCUT2D eigenvalue weighted by atomic mass is 9.89. The molecule has 1 fully saturated rings. The smallest absolute Gasteiger partial charge is 0.222 e. The van der Waals surface area contributed by atoms with Crippen LogP contribution in [0.25, 0.3) is 0 Å². The van der Waals surface area contributed by atoms with E-state index in [1.165, 1.54) is 5.56 Å². The summed E-state index contributed by atoms with van der Waals surface area (Å²) in [5.74, 6) is 0.0673. The monoisotopic (exact) mass is 325 g/mol. The Hall–Kier alpha value is -0.870. The van der Waals surface area contributed by atoms with Gasteiger partial charge >= 0.3 is 0 Å². The Bertz CT molecular complexity index is 440. The maximum absolute atomic E-state index is 11.8. The predicted molar refractivity (Wildman–Crippen MR) is 79.2 cm³/mol. The number of rotatable bonds is 6. The van der Waals surface area contributed by atoms with E-state index in [1.54, 1.807) is 7.11 Å². The Morgan fingerprint density at radius 2 is 2.05 bits per heavy atom. The van der Waals surface area contributed by atoms with Crippen LogP contribution in [0, 0.1) is 0 Å². The van der Waals surface area contributed by atoms with Crippen molar-refractivity contribution in [2.24, 2.45) is 0 Å². The average Bonchev–Trinajstić information content (AvgIpc) is 3.18. The van der Waals surface area contributed by atoms with Crippen molar-refractivity contribution in [1.29, 1.82) is 0 Å². The van der Waals surface area contributed by atoms with Gasteiger partial charge in [0.15, 0.2) is 0 Å². The van der Waals surface area contributed by atoms with Crippen molar-refractivity contribution in [3.8, 4) is 0 Å². The van der Waals surface area contributed by atoms with Gasteiger partial charge in [0, 0.05) is 29.5 Å². The third-order valence-electron chi connectivity index (χ3n) is 3.95. The molecular formula is C15H20BrNO2. The number of carbonyl (C=O) groups is 1. The van der Waals surface area contributed by atoms with Crippen LogP contribution < -0.4 is 5.32 Å². The third kappa shape index (κ3) is 3.37. The molecule has 0 radical (unpaired) electrons. The van der Waals surface area contributed by atoms with E-state index in [2.05, 4.69) is 52.4 Å². The summed E-state index contributed by atoms with van der Waals surface area (Å²) in [5.41, 5.74) is 1.44. The van der Waals surface area contributed by atoms with E-state index < -0.39 is 0 Å². The molecule has 1 amide bonds. The van der Waals surface area contributed by atoms with Crippen LogP contribution in [0.4, 0.5) is 0 Å². The van der Waals surface area contributed by atoms with Gasteiger partial charge in [0.1, 0.15) is 0 Å². The van der Waals surface area contributed by atoms with E-state index in [0.717, 1.165) is 17.3 Å². The Kier molecular flexibility index (Phi) is 4.63. The topological polar surface area (TPSA) is 38.3 Å². The molecule has 1 saturated carbocycles. The summed E-state index contributed by atoms with van der Waals surface area (Å²) in [6.45, 7) is 2.57. The van der Waals surface area contributed by atoms with Crippen molar-refractivity contribution < 1.29 is 9.53 Å². The summed E-state index contributed by atoms with van der Waals surface area (Å²) in [7, 11) is 1.61. The van der Waals surface area contributed by atoms with Crippen molar-refractivity contribution in [2.45, 2.75) is 37.6 Å². The zero-order chi connectivity index (χ0) is 13.9. The van der Waals surface area contributed by atoms with Gasteiger partial charge in [-0.25, -0.2) is 0 Å². The molecular weight excluding hydrogens is 306 g/mol. The van der Waals surface area contributed by atoms with Gasteiger partial charge < -0.3 is 10.1 Å². The molecule has 4 heteroatoms. The summed E-state index contributed by atoms with van der Waals surface area (Å²) in [6, 6.07) is 8.59. The lowest BCUT2D eigenvalue weighted by Crippen LogP contribution is -2.41. The van der Waals surface area contributed by atoms with Gasteiger partial charge in [-0.1, -0.05) is 28.1 Å². The zero-order valence-electron chi connectivity index (χ0n) is 11.4. The number of hydrogen-bond acceptors (Lipinski definition) is 2. The first-order chi connectivity index (χ1) is 9.08. The van der Waals surface area contributed by atoms with Crippen molar-refractivity contribution >= 4 is 21.8 Å². The highest BCUT2D eigenvalue weighted by Gasteiger charge is 2.49. The molecule has 2 rings (SSSR count). The number of methoxy groups -OCH3 is 1. The van der Waals surface area contributed by atoms with Crippen LogP contribution in [0.5, 0.6) is 0 Å². The van der Waals surface area contributed by atoms with E-state index in [4.69, 9.17) is 4.74 Å². The fraction of sp³-hybridized carbons (Fsp3) is 0.533. The molecule has 19 heavy (non-hydrogen) atoms. The molecule has 0 saturated heterocycles. The highest BCUT2D eigenvalue weighted by molar-refractivity contribution is 9.10. The minimum atomic E-state index is 0.0673. The Morgan fingerprint density at radius 1 is 1.42 bits per heavy atom. The molecule has 0 spiro atoms. The molecule has 1 unspecified atom stereocenters. The summed E-state index contributed by atoms with van der Waals surface area (Å²) in [6.07, 6.45) is 2.71. The fourth-order valence-electron chi connectivity index (χ4n) is 2.53. The maximum Gasteiger partial charge on any atom is 0.222 e. The van der Waals surface area contributed by atoms with Crippen LogP contribution >= 0.6 is 15.9 Å². The van der Waals surface area contributed by atoms with Crippen LogP contribution in [0.1, 0.15) is 31.7 Å². The summed E-state index contributed by atoms with van der Waals surface area (Å²) < 4.78 is 6.01. The second-order valence-corrected chi connectivity index (χ2v) is 6.11. The van der Waals surface area contributed by atoms with Crippen LogP contribution in [0.3, 0.4) is 0 Å². The quantitative estimate of drug-likeness (QED) is 0.873. The molecule has 0 aliphatic heterocycles. The van der Waals surface area contributed by atoms with E-state index >= 15 is 0 Å². The third-order valence-corrected chi connectivity index (χ3v) is 4.48. The molecule has 1 atom stereocenters. The van der Waals surface area contributed by atoms with E-state index in [1.807, 2.05) is 0 Å². The van der Waals surface area contributed by atoms with Gasteiger partial charge in [-0.05, 0) is 37.5 Å². The van der Waals surface area contributed by atoms with Crippen LogP contribution in [0.15, 0.2) is 28.7 Å². The SMILES string of the molecule is COCCC(=O)NC(C)C1(c2ccc(Br)cc2)CC1. The number of amides is 1. The van der Waals surface area contributed by atoms with E-state index in [0.29, 0.717) is 13.0 Å². The van der Waals surface area contributed by atoms with Crippen LogP contribution in [-0.4, -0.2) is 25.7 Å². The van der Waals surface area contributed by atoms with E-state index in [9.17, 15) is 4.79 Å². The minimum Gasteiger partial charge on any atom is -0.384 e. The van der Waals surface area contributed by atoms with Crippen molar-refractivity contribution in [2.75, 3.05) is 13.7 Å². The summed E-state index contributed by atoms with van der Waals surface area (Å²) >= 11 is 3.45. The van der Waals surface area contributed by atoms with Gasteiger partial charge in [0.2, 0.25) is 5.91 Å². The fourth-order valence-corrected chi connectivity index (χ4v) is 2.80. The number of carbonyl (C=O) groups excluding carboxylic acids is 1. The number of benzene rings is 1. The lowest BCUT2D eigenvalue weighted by molar-refractivity contribution is -0.122. The van der Waals surface area contributed by atoms with Crippen molar-refractivity contribution in [3.05, 3.63) is 34.3 Å². The van der Waals surface area contributed by atoms with Gasteiger partial charge in [0.05, 0.1) is 6.61 Å². The minimum absolute atomic E-state index is 0.0673. The molecule has 0 heterocycles. The molecule has 104 valence electrons. The van der Waals surface area contributed by atoms with E-state index in [-0.39, 0.29) is 17.4 Å². The predicted octanol–water partition coefficient (Wildman–Crippen LogP) is 3.02.